The Kier molecular flexibility index (Phi) is 4.33. The first-order valence-electron chi connectivity index (χ1n) is 9.59. The minimum absolute atomic E-state index is 0.682. The van der Waals surface area contributed by atoms with E-state index in [9.17, 15) is 0 Å². The SMILES string of the molecule is c1nc(N2CCCC2)c2cc(N3CCN(Cc4nnco4)CC3)ccc2n1. The fourth-order valence-electron chi connectivity index (χ4n) is 4.03. The van der Waals surface area contributed by atoms with Gasteiger partial charge < -0.3 is 14.2 Å². The maximum atomic E-state index is 5.26. The average molecular weight is 365 g/mol. The van der Waals surface area contributed by atoms with Crippen molar-refractivity contribution in [3.8, 4) is 0 Å². The number of nitrogens with zero attached hydrogens (tertiary/aromatic N) is 7. The fraction of sp³-hybridized carbons (Fsp3) is 0.474. The minimum atomic E-state index is 0.682. The number of rotatable bonds is 4. The predicted octanol–water partition coefficient (Wildman–Crippen LogP) is 1.94. The molecule has 0 N–H and O–H groups in total. The van der Waals surface area contributed by atoms with Gasteiger partial charge in [-0.25, -0.2) is 9.97 Å². The third-order valence-corrected chi connectivity index (χ3v) is 5.50. The first-order valence-corrected chi connectivity index (χ1v) is 9.59. The summed E-state index contributed by atoms with van der Waals surface area (Å²) in [5.41, 5.74) is 2.26. The second-order valence-corrected chi connectivity index (χ2v) is 7.19. The lowest BCUT2D eigenvalue weighted by Crippen LogP contribution is -2.46. The normalized spacial score (nSPS) is 18.5. The number of anilines is 2. The molecule has 0 saturated carbocycles. The molecule has 8 heteroatoms. The van der Waals surface area contributed by atoms with Crippen LogP contribution in [0.15, 0.2) is 35.3 Å². The van der Waals surface area contributed by atoms with Crippen LogP contribution in [0.25, 0.3) is 10.9 Å². The summed E-state index contributed by atoms with van der Waals surface area (Å²) in [4.78, 5) is 16.2. The van der Waals surface area contributed by atoms with Gasteiger partial charge in [0.25, 0.3) is 0 Å². The van der Waals surface area contributed by atoms with E-state index in [4.69, 9.17) is 4.42 Å². The molecule has 140 valence electrons. The molecule has 2 fully saturated rings. The Hall–Kier alpha value is -2.74. The molecular formula is C19H23N7O. The van der Waals surface area contributed by atoms with Crippen LogP contribution in [0.2, 0.25) is 0 Å². The van der Waals surface area contributed by atoms with Gasteiger partial charge in [0.2, 0.25) is 12.3 Å². The molecule has 0 unspecified atom stereocenters. The molecule has 27 heavy (non-hydrogen) atoms. The molecule has 8 nitrogen and oxygen atoms in total. The average Bonchev–Trinajstić information content (AvgIpc) is 3.42. The van der Waals surface area contributed by atoms with Crippen molar-refractivity contribution in [3.63, 3.8) is 0 Å². The van der Waals surface area contributed by atoms with Gasteiger partial charge in [0.1, 0.15) is 12.1 Å². The summed E-state index contributed by atoms with van der Waals surface area (Å²) in [7, 11) is 0. The van der Waals surface area contributed by atoms with Gasteiger partial charge in [-0.15, -0.1) is 10.2 Å². The zero-order valence-corrected chi connectivity index (χ0v) is 15.3. The highest BCUT2D eigenvalue weighted by Gasteiger charge is 2.21. The molecule has 2 aliphatic rings. The summed E-state index contributed by atoms with van der Waals surface area (Å²) >= 11 is 0. The summed E-state index contributed by atoms with van der Waals surface area (Å²) in [5.74, 6) is 1.76. The Morgan fingerprint density at radius 3 is 2.56 bits per heavy atom. The van der Waals surface area contributed by atoms with E-state index in [0.29, 0.717) is 5.89 Å². The van der Waals surface area contributed by atoms with Crippen molar-refractivity contribution in [2.24, 2.45) is 0 Å². The van der Waals surface area contributed by atoms with Crippen molar-refractivity contribution in [3.05, 3.63) is 36.8 Å². The lowest BCUT2D eigenvalue weighted by molar-refractivity contribution is 0.226. The van der Waals surface area contributed by atoms with Crippen LogP contribution in [-0.2, 0) is 6.54 Å². The Balaban J connectivity index is 1.34. The number of aromatic nitrogens is 4. The van der Waals surface area contributed by atoms with Crippen LogP contribution >= 0.6 is 0 Å². The van der Waals surface area contributed by atoms with E-state index in [0.717, 1.165) is 62.5 Å². The molecule has 0 radical (unpaired) electrons. The molecule has 5 rings (SSSR count). The molecule has 2 aliphatic heterocycles. The van der Waals surface area contributed by atoms with E-state index in [-0.39, 0.29) is 0 Å². The molecule has 0 aliphatic carbocycles. The number of hydrogen-bond donors (Lipinski definition) is 0. The second kappa shape index (κ2) is 7.11. The summed E-state index contributed by atoms with van der Waals surface area (Å²) in [6.45, 7) is 6.81. The lowest BCUT2D eigenvalue weighted by atomic mass is 10.1. The van der Waals surface area contributed by atoms with E-state index < -0.39 is 0 Å². The van der Waals surface area contributed by atoms with E-state index in [1.54, 1.807) is 6.33 Å². The van der Waals surface area contributed by atoms with Gasteiger partial charge in [-0.05, 0) is 31.0 Å². The maximum Gasteiger partial charge on any atom is 0.230 e. The first kappa shape index (κ1) is 16.4. The summed E-state index contributed by atoms with van der Waals surface area (Å²) in [6, 6.07) is 6.56. The van der Waals surface area contributed by atoms with Crippen LogP contribution in [0.4, 0.5) is 11.5 Å². The fourth-order valence-corrected chi connectivity index (χ4v) is 4.03. The van der Waals surface area contributed by atoms with Crippen LogP contribution in [0.1, 0.15) is 18.7 Å². The molecule has 2 aromatic heterocycles. The topological polar surface area (TPSA) is 74.4 Å². The van der Waals surface area contributed by atoms with Gasteiger partial charge >= 0.3 is 0 Å². The van der Waals surface area contributed by atoms with Crippen LogP contribution in [0, 0.1) is 0 Å². The number of fused-ring (bicyclic) bond motifs is 1. The van der Waals surface area contributed by atoms with Gasteiger partial charge in [-0.2, -0.15) is 0 Å². The van der Waals surface area contributed by atoms with Gasteiger partial charge in [0.15, 0.2) is 0 Å². The number of hydrogen-bond acceptors (Lipinski definition) is 8. The highest BCUT2D eigenvalue weighted by molar-refractivity contribution is 5.92. The molecule has 3 aromatic rings. The molecule has 2 saturated heterocycles. The number of benzene rings is 1. The third-order valence-electron chi connectivity index (χ3n) is 5.50. The highest BCUT2D eigenvalue weighted by Crippen LogP contribution is 2.30. The molecule has 0 atom stereocenters. The van der Waals surface area contributed by atoms with Crippen molar-refractivity contribution >= 4 is 22.4 Å². The van der Waals surface area contributed by atoms with Gasteiger partial charge in [0, 0.05) is 50.3 Å². The van der Waals surface area contributed by atoms with Crippen LogP contribution in [-0.4, -0.2) is 64.3 Å². The van der Waals surface area contributed by atoms with E-state index in [1.807, 2.05) is 0 Å². The Labute approximate surface area is 157 Å². The van der Waals surface area contributed by atoms with Crippen LogP contribution < -0.4 is 9.80 Å². The van der Waals surface area contributed by atoms with E-state index in [2.05, 4.69) is 53.1 Å². The summed E-state index contributed by atoms with van der Waals surface area (Å²) in [5, 5.41) is 8.89. The van der Waals surface area contributed by atoms with Crippen molar-refractivity contribution in [1.82, 2.24) is 25.1 Å². The van der Waals surface area contributed by atoms with E-state index in [1.165, 1.54) is 24.9 Å². The molecule has 0 spiro atoms. The van der Waals surface area contributed by atoms with Crippen LogP contribution in [0.5, 0.6) is 0 Å². The molecule has 0 amide bonds. The third kappa shape index (κ3) is 3.32. The molecule has 4 heterocycles. The minimum Gasteiger partial charge on any atom is -0.427 e. The largest absolute Gasteiger partial charge is 0.427 e. The van der Waals surface area contributed by atoms with Crippen LogP contribution in [0.3, 0.4) is 0 Å². The molecule has 1 aromatic carbocycles. The smallest absolute Gasteiger partial charge is 0.230 e. The predicted molar refractivity (Wildman–Crippen MR) is 103 cm³/mol. The zero-order valence-electron chi connectivity index (χ0n) is 15.3. The Bertz CT molecular complexity index is 900. The molecular weight excluding hydrogens is 342 g/mol. The molecule has 0 bridgehead atoms. The Morgan fingerprint density at radius 2 is 1.78 bits per heavy atom. The maximum absolute atomic E-state index is 5.26. The van der Waals surface area contributed by atoms with Gasteiger partial charge in [-0.3, -0.25) is 4.90 Å². The zero-order chi connectivity index (χ0) is 18.1. The van der Waals surface area contributed by atoms with Gasteiger partial charge in [-0.1, -0.05) is 0 Å². The summed E-state index contributed by atoms with van der Waals surface area (Å²) in [6.07, 6.45) is 5.56. The quantitative estimate of drug-likeness (QED) is 0.694. The van der Waals surface area contributed by atoms with Crippen molar-refractivity contribution < 1.29 is 4.42 Å². The standard InChI is InChI=1S/C19H23N7O/c1-2-6-26(5-1)19-16-11-15(3-4-17(16)20-13-21-19)25-9-7-24(8-10-25)12-18-23-22-14-27-18/h3-4,11,13-14H,1-2,5-10,12H2. The van der Waals surface area contributed by atoms with E-state index >= 15 is 0 Å². The van der Waals surface area contributed by atoms with Gasteiger partial charge in [0.05, 0.1) is 12.1 Å². The first-order chi connectivity index (χ1) is 13.4. The lowest BCUT2D eigenvalue weighted by Gasteiger charge is -2.35. The highest BCUT2D eigenvalue weighted by atomic mass is 16.4. The van der Waals surface area contributed by atoms with Crippen molar-refractivity contribution in [2.75, 3.05) is 49.1 Å². The Morgan fingerprint density at radius 1 is 0.926 bits per heavy atom. The van der Waals surface area contributed by atoms with Crippen molar-refractivity contribution in [2.45, 2.75) is 19.4 Å². The second-order valence-electron chi connectivity index (χ2n) is 7.19. The number of piperazine rings is 1. The monoisotopic (exact) mass is 365 g/mol. The van der Waals surface area contributed by atoms with Crippen molar-refractivity contribution in [1.29, 1.82) is 0 Å². The summed E-state index contributed by atoms with van der Waals surface area (Å²) < 4.78 is 5.26.